The lowest BCUT2D eigenvalue weighted by Crippen LogP contribution is -2.23. The summed E-state index contributed by atoms with van der Waals surface area (Å²) in [4.78, 5) is 22.6. The number of hydrogen-bond acceptors (Lipinski definition) is 4. The third-order valence-electron chi connectivity index (χ3n) is 1.77. The molecule has 0 rings (SSSR count). The summed E-state index contributed by atoms with van der Waals surface area (Å²) < 4.78 is 10.1. The molecule has 0 aliphatic carbocycles. The SMILES string of the molecule is CCCC([SiH3])OC(=O)/C=C/C(=O)OC(C)(C)C. The van der Waals surface area contributed by atoms with E-state index in [4.69, 9.17) is 9.47 Å². The normalized spacial score (nSPS) is 13.6. The van der Waals surface area contributed by atoms with Crippen LogP contribution in [0.2, 0.25) is 0 Å². The minimum atomic E-state index is -0.548. The van der Waals surface area contributed by atoms with Gasteiger partial charge in [-0.2, -0.15) is 0 Å². The van der Waals surface area contributed by atoms with Crippen molar-refractivity contribution in [3.8, 4) is 0 Å². The molecule has 0 aromatic carbocycles. The van der Waals surface area contributed by atoms with Crippen LogP contribution in [0.25, 0.3) is 0 Å². The van der Waals surface area contributed by atoms with Crippen molar-refractivity contribution in [3.05, 3.63) is 12.2 Å². The monoisotopic (exact) mass is 258 g/mol. The predicted octanol–water partition coefficient (Wildman–Crippen LogP) is 0.919. The van der Waals surface area contributed by atoms with E-state index in [9.17, 15) is 9.59 Å². The van der Waals surface area contributed by atoms with Crippen LogP contribution in [0.3, 0.4) is 0 Å². The smallest absolute Gasteiger partial charge is 0.331 e. The van der Waals surface area contributed by atoms with Crippen LogP contribution < -0.4 is 0 Å². The van der Waals surface area contributed by atoms with Gasteiger partial charge in [0.1, 0.15) is 5.60 Å². The topological polar surface area (TPSA) is 52.6 Å². The lowest BCUT2D eigenvalue weighted by Gasteiger charge is -2.17. The second-order valence-corrected chi connectivity index (χ2v) is 6.19. The quantitative estimate of drug-likeness (QED) is 0.418. The molecule has 17 heavy (non-hydrogen) atoms. The zero-order chi connectivity index (χ0) is 13.5. The third-order valence-corrected chi connectivity index (χ3v) is 2.59. The van der Waals surface area contributed by atoms with E-state index < -0.39 is 17.5 Å². The molecule has 0 N–H and O–H groups in total. The molecule has 98 valence electrons. The van der Waals surface area contributed by atoms with Crippen LogP contribution in [0.1, 0.15) is 40.5 Å². The molecule has 0 aromatic heterocycles. The summed E-state index contributed by atoms with van der Waals surface area (Å²) in [7, 11) is 0.800. The Morgan fingerprint density at radius 2 is 1.76 bits per heavy atom. The Kier molecular flexibility index (Phi) is 6.80. The number of rotatable bonds is 5. The first kappa shape index (κ1) is 15.9. The standard InChI is InChI=1S/C12H22O4Si/c1-5-6-11(17)15-9(13)7-8-10(14)16-12(2,3)4/h7-8,11H,5-6H2,1-4,17H3/b8-7+. The van der Waals surface area contributed by atoms with E-state index in [-0.39, 0.29) is 5.73 Å². The fourth-order valence-electron chi connectivity index (χ4n) is 1.17. The van der Waals surface area contributed by atoms with Gasteiger partial charge in [-0.15, -0.1) is 0 Å². The first-order valence-electron chi connectivity index (χ1n) is 5.86. The molecule has 0 aliphatic rings. The zero-order valence-corrected chi connectivity index (χ0v) is 13.3. The van der Waals surface area contributed by atoms with Crippen molar-refractivity contribution in [1.82, 2.24) is 0 Å². The summed E-state index contributed by atoms with van der Waals surface area (Å²) in [5.74, 6) is -1.01. The number of carbonyl (C=O) groups is 2. The maximum atomic E-state index is 11.3. The number of ether oxygens (including phenoxy) is 2. The van der Waals surface area contributed by atoms with Crippen LogP contribution in [-0.2, 0) is 19.1 Å². The molecule has 1 unspecified atom stereocenters. The molecule has 0 fully saturated rings. The first-order valence-corrected chi connectivity index (χ1v) is 7.01. The van der Waals surface area contributed by atoms with Crippen LogP contribution in [0, 0.1) is 0 Å². The molecule has 0 saturated carbocycles. The molecular formula is C12H22O4Si. The van der Waals surface area contributed by atoms with Crippen LogP contribution in [0.4, 0.5) is 0 Å². The van der Waals surface area contributed by atoms with Crippen molar-refractivity contribution in [2.24, 2.45) is 0 Å². The molecule has 1 atom stereocenters. The van der Waals surface area contributed by atoms with E-state index >= 15 is 0 Å². The van der Waals surface area contributed by atoms with Gasteiger partial charge in [-0.1, -0.05) is 13.3 Å². The highest BCUT2D eigenvalue weighted by Crippen LogP contribution is 2.07. The van der Waals surface area contributed by atoms with Crippen molar-refractivity contribution < 1.29 is 19.1 Å². The van der Waals surface area contributed by atoms with E-state index in [1.165, 1.54) is 0 Å². The van der Waals surface area contributed by atoms with Gasteiger partial charge in [0.15, 0.2) is 0 Å². The van der Waals surface area contributed by atoms with Gasteiger partial charge >= 0.3 is 11.9 Å². The minimum absolute atomic E-state index is 0.00999. The van der Waals surface area contributed by atoms with E-state index in [0.717, 1.165) is 35.2 Å². The van der Waals surface area contributed by atoms with Gasteiger partial charge in [0.2, 0.25) is 0 Å². The first-order chi connectivity index (χ1) is 7.74. The Bertz CT molecular complexity index is 291. The van der Waals surface area contributed by atoms with Crippen LogP contribution >= 0.6 is 0 Å². The van der Waals surface area contributed by atoms with Crippen molar-refractivity contribution in [3.63, 3.8) is 0 Å². The summed E-state index contributed by atoms with van der Waals surface area (Å²) >= 11 is 0. The van der Waals surface area contributed by atoms with Gasteiger partial charge in [-0.25, -0.2) is 9.59 Å². The number of carbonyl (C=O) groups excluding carboxylic acids is 2. The lowest BCUT2D eigenvalue weighted by molar-refractivity contribution is -0.149. The molecule has 0 aromatic rings. The van der Waals surface area contributed by atoms with E-state index in [1.807, 2.05) is 6.92 Å². The van der Waals surface area contributed by atoms with Crippen molar-refractivity contribution >= 4 is 22.2 Å². The van der Waals surface area contributed by atoms with Gasteiger partial charge in [-0.05, 0) is 27.2 Å². The van der Waals surface area contributed by atoms with E-state index in [2.05, 4.69) is 0 Å². The Morgan fingerprint density at radius 3 is 2.24 bits per heavy atom. The van der Waals surface area contributed by atoms with Crippen LogP contribution in [0.5, 0.6) is 0 Å². The molecule has 0 bridgehead atoms. The van der Waals surface area contributed by atoms with Gasteiger partial charge in [0, 0.05) is 12.2 Å². The highest BCUT2D eigenvalue weighted by atomic mass is 28.1. The Labute approximate surface area is 106 Å². The minimum Gasteiger partial charge on any atom is -0.464 e. The molecule has 0 radical (unpaired) electrons. The molecule has 4 nitrogen and oxygen atoms in total. The fourth-order valence-corrected chi connectivity index (χ4v) is 1.98. The highest BCUT2D eigenvalue weighted by molar-refractivity contribution is 6.12. The molecule has 0 amide bonds. The average molecular weight is 258 g/mol. The van der Waals surface area contributed by atoms with Crippen LogP contribution in [-0.4, -0.2) is 33.5 Å². The lowest BCUT2D eigenvalue weighted by atomic mass is 10.2. The molecule has 0 heterocycles. The van der Waals surface area contributed by atoms with E-state index in [1.54, 1.807) is 20.8 Å². The number of hydrogen-bond donors (Lipinski definition) is 0. The van der Waals surface area contributed by atoms with Gasteiger partial charge in [0.25, 0.3) is 0 Å². The zero-order valence-electron chi connectivity index (χ0n) is 11.3. The van der Waals surface area contributed by atoms with Crippen molar-refractivity contribution in [1.29, 1.82) is 0 Å². The summed E-state index contributed by atoms with van der Waals surface area (Å²) in [5.41, 5.74) is -0.538. The fraction of sp³-hybridized carbons (Fsp3) is 0.667. The number of esters is 2. The molecule has 5 heteroatoms. The maximum absolute atomic E-state index is 11.3. The second kappa shape index (κ2) is 7.27. The summed E-state index contributed by atoms with van der Waals surface area (Å²) in [6.45, 7) is 7.35. The Morgan fingerprint density at radius 1 is 1.24 bits per heavy atom. The Balaban J connectivity index is 4.07. The predicted molar refractivity (Wildman–Crippen MR) is 69.7 cm³/mol. The van der Waals surface area contributed by atoms with E-state index in [0.29, 0.717) is 0 Å². The van der Waals surface area contributed by atoms with Crippen molar-refractivity contribution in [2.75, 3.05) is 0 Å². The van der Waals surface area contributed by atoms with Gasteiger partial charge in [0.05, 0.1) is 16.0 Å². The third kappa shape index (κ3) is 9.80. The largest absolute Gasteiger partial charge is 0.464 e. The summed E-state index contributed by atoms with van der Waals surface area (Å²) in [6, 6.07) is 0. The average Bonchev–Trinajstić information content (AvgIpc) is 2.12. The van der Waals surface area contributed by atoms with Crippen LogP contribution in [0.15, 0.2) is 12.2 Å². The molecule has 0 spiro atoms. The Hall–Kier alpha value is -1.10. The summed E-state index contributed by atoms with van der Waals surface area (Å²) in [6.07, 6.45) is 4.08. The molecule has 0 saturated heterocycles. The van der Waals surface area contributed by atoms with Crippen molar-refractivity contribution in [2.45, 2.75) is 51.9 Å². The maximum Gasteiger partial charge on any atom is 0.331 e. The summed E-state index contributed by atoms with van der Waals surface area (Å²) in [5, 5.41) is 0. The van der Waals surface area contributed by atoms with Gasteiger partial charge in [-0.3, -0.25) is 0 Å². The molecule has 0 aliphatic heterocycles. The molecular weight excluding hydrogens is 236 g/mol. The van der Waals surface area contributed by atoms with Gasteiger partial charge < -0.3 is 9.47 Å². The second-order valence-electron chi connectivity index (χ2n) is 4.90. The highest BCUT2D eigenvalue weighted by Gasteiger charge is 2.14.